The van der Waals surface area contributed by atoms with Crippen molar-refractivity contribution in [1.82, 2.24) is 5.32 Å². The molecule has 0 aliphatic rings. The number of carboxylic acids is 1. The van der Waals surface area contributed by atoms with Crippen molar-refractivity contribution < 1.29 is 19.1 Å². The number of anilines is 1. The lowest BCUT2D eigenvalue weighted by Gasteiger charge is -2.10. The quantitative estimate of drug-likeness (QED) is 0.801. The number of urea groups is 1. The second-order valence-electron chi connectivity index (χ2n) is 3.29. The second kappa shape index (κ2) is 5.62. The van der Waals surface area contributed by atoms with Crippen LogP contribution in [0.5, 0.6) is 0 Å². The summed E-state index contributed by atoms with van der Waals surface area (Å²) in [4.78, 5) is 21.8. The third-order valence-corrected chi connectivity index (χ3v) is 2.50. The first-order valence-corrected chi connectivity index (χ1v) is 5.45. The molecule has 3 N–H and O–H groups in total. The molecule has 1 aromatic rings. The Morgan fingerprint density at radius 2 is 2.12 bits per heavy atom. The fourth-order valence-electron chi connectivity index (χ4n) is 0.999. The van der Waals surface area contributed by atoms with E-state index in [1.54, 1.807) is 0 Å². The molecule has 92 valence electrons. The minimum atomic E-state index is -1.14. The van der Waals surface area contributed by atoms with Crippen LogP contribution in [-0.4, -0.2) is 23.1 Å². The fourth-order valence-corrected chi connectivity index (χ4v) is 1.38. The third-order valence-electron chi connectivity index (χ3n) is 1.90. The summed E-state index contributed by atoms with van der Waals surface area (Å²) >= 11 is 2.97. The fraction of sp³-hybridized carbons (Fsp3) is 0.200. The maximum atomic E-state index is 12.9. The van der Waals surface area contributed by atoms with Gasteiger partial charge < -0.3 is 15.7 Å². The van der Waals surface area contributed by atoms with Gasteiger partial charge in [-0.05, 0) is 41.1 Å². The van der Waals surface area contributed by atoms with Gasteiger partial charge in [-0.3, -0.25) is 4.79 Å². The van der Waals surface area contributed by atoms with Crippen molar-refractivity contribution in [2.45, 2.75) is 13.0 Å². The van der Waals surface area contributed by atoms with Crippen molar-refractivity contribution in [2.75, 3.05) is 5.32 Å². The van der Waals surface area contributed by atoms with E-state index in [0.717, 1.165) is 0 Å². The van der Waals surface area contributed by atoms with Gasteiger partial charge in [0.15, 0.2) is 0 Å². The number of rotatable bonds is 3. The van der Waals surface area contributed by atoms with Gasteiger partial charge in [-0.15, -0.1) is 0 Å². The van der Waals surface area contributed by atoms with Crippen molar-refractivity contribution in [1.29, 1.82) is 0 Å². The van der Waals surface area contributed by atoms with E-state index >= 15 is 0 Å². The topological polar surface area (TPSA) is 78.4 Å². The molecule has 1 rings (SSSR count). The van der Waals surface area contributed by atoms with Gasteiger partial charge in [-0.1, -0.05) is 0 Å². The molecule has 1 atom stereocenters. The SMILES string of the molecule is CC(NC(=O)Nc1ccc(F)c(Br)c1)C(=O)O. The van der Waals surface area contributed by atoms with Crippen molar-refractivity contribution >= 4 is 33.6 Å². The van der Waals surface area contributed by atoms with E-state index in [1.165, 1.54) is 25.1 Å². The summed E-state index contributed by atoms with van der Waals surface area (Å²) in [5, 5.41) is 13.2. The number of hydrogen-bond donors (Lipinski definition) is 3. The van der Waals surface area contributed by atoms with Gasteiger partial charge in [0.25, 0.3) is 0 Å². The molecular formula is C10H10BrFN2O3. The Bertz CT molecular complexity index is 453. The molecule has 0 radical (unpaired) electrons. The smallest absolute Gasteiger partial charge is 0.325 e. The van der Waals surface area contributed by atoms with Crippen molar-refractivity contribution in [3.8, 4) is 0 Å². The number of aliphatic carboxylic acids is 1. The summed E-state index contributed by atoms with van der Waals surface area (Å²) in [5.74, 6) is -1.59. The monoisotopic (exact) mass is 304 g/mol. The third kappa shape index (κ3) is 4.03. The Labute approximate surface area is 105 Å². The number of benzene rings is 1. The lowest BCUT2D eigenvalue weighted by atomic mass is 10.3. The first-order valence-electron chi connectivity index (χ1n) is 4.65. The molecule has 2 amide bonds. The van der Waals surface area contributed by atoms with Gasteiger partial charge in [-0.25, -0.2) is 9.18 Å². The van der Waals surface area contributed by atoms with E-state index in [2.05, 4.69) is 26.6 Å². The zero-order chi connectivity index (χ0) is 13.0. The van der Waals surface area contributed by atoms with Crippen molar-refractivity contribution in [3.05, 3.63) is 28.5 Å². The molecule has 0 heterocycles. The minimum Gasteiger partial charge on any atom is -0.480 e. The molecule has 0 saturated heterocycles. The highest BCUT2D eigenvalue weighted by molar-refractivity contribution is 9.10. The lowest BCUT2D eigenvalue weighted by Crippen LogP contribution is -2.40. The lowest BCUT2D eigenvalue weighted by molar-refractivity contribution is -0.138. The molecule has 1 unspecified atom stereocenters. The Morgan fingerprint density at radius 3 is 2.65 bits per heavy atom. The zero-order valence-electron chi connectivity index (χ0n) is 8.83. The van der Waals surface area contributed by atoms with Crippen molar-refractivity contribution in [3.63, 3.8) is 0 Å². The van der Waals surface area contributed by atoms with Crippen molar-refractivity contribution in [2.24, 2.45) is 0 Å². The van der Waals surface area contributed by atoms with E-state index in [0.29, 0.717) is 5.69 Å². The normalized spacial score (nSPS) is 11.7. The average molecular weight is 305 g/mol. The van der Waals surface area contributed by atoms with Gasteiger partial charge in [0.2, 0.25) is 0 Å². The van der Waals surface area contributed by atoms with E-state index in [9.17, 15) is 14.0 Å². The Morgan fingerprint density at radius 1 is 1.47 bits per heavy atom. The number of carbonyl (C=O) groups excluding carboxylic acids is 1. The highest BCUT2D eigenvalue weighted by Crippen LogP contribution is 2.19. The molecular weight excluding hydrogens is 295 g/mol. The number of amides is 2. The maximum absolute atomic E-state index is 12.9. The number of carbonyl (C=O) groups is 2. The molecule has 0 aliphatic carbocycles. The first-order chi connectivity index (χ1) is 7.90. The maximum Gasteiger partial charge on any atom is 0.325 e. The van der Waals surface area contributed by atoms with Gasteiger partial charge >= 0.3 is 12.0 Å². The van der Waals surface area contributed by atoms with E-state index < -0.39 is 23.9 Å². The molecule has 5 nitrogen and oxygen atoms in total. The van der Waals surface area contributed by atoms with Gasteiger partial charge in [0, 0.05) is 5.69 Å². The summed E-state index contributed by atoms with van der Waals surface area (Å²) in [6.45, 7) is 1.34. The molecule has 0 fully saturated rings. The number of halogens is 2. The number of hydrogen-bond acceptors (Lipinski definition) is 2. The molecule has 0 aliphatic heterocycles. The summed E-state index contributed by atoms with van der Waals surface area (Å²) in [6.07, 6.45) is 0. The molecule has 0 spiro atoms. The van der Waals surface area contributed by atoms with E-state index in [-0.39, 0.29) is 4.47 Å². The van der Waals surface area contributed by atoms with E-state index in [4.69, 9.17) is 5.11 Å². The summed E-state index contributed by atoms with van der Waals surface area (Å²) in [7, 11) is 0. The van der Waals surface area contributed by atoms with Gasteiger partial charge in [0.1, 0.15) is 11.9 Å². The summed E-state index contributed by atoms with van der Waals surface area (Å²) in [6, 6.07) is 2.25. The molecule has 7 heteroatoms. The molecule has 1 aromatic carbocycles. The van der Waals surface area contributed by atoms with Crippen LogP contribution in [0.15, 0.2) is 22.7 Å². The largest absolute Gasteiger partial charge is 0.480 e. The van der Waals surface area contributed by atoms with Crippen LogP contribution in [-0.2, 0) is 4.79 Å². The predicted molar refractivity (Wildman–Crippen MR) is 63.4 cm³/mol. The summed E-state index contributed by atoms with van der Waals surface area (Å²) < 4.78 is 13.1. The van der Waals surface area contributed by atoms with Gasteiger partial charge in [0.05, 0.1) is 4.47 Å². The Balaban J connectivity index is 2.62. The second-order valence-corrected chi connectivity index (χ2v) is 4.14. The number of nitrogens with one attached hydrogen (secondary N) is 2. The average Bonchev–Trinajstić information content (AvgIpc) is 2.23. The van der Waals surface area contributed by atoms with Crippen LogP contribution in [0.1, 0.15) is 6.92 Å². The highest BCUT2D eigenvalue weighted by Gasteiger charge is 2.13. The zero-order valence-corrected chi connectivity index (χ0v) is 10.4. The van der Waals surface area contributed by atoms with Crippen LogP contribution >= 0.6 is 15.9 Å². The molecule has 0 saturated carbocycles. The highest BCUT2D eigenvalue weighted by atomic mass is 79.9. The molecule has 0 bridgehead atoms. The first kappa shape index (κ1) is 13.4. The van der Waals surface area contributed by atoms with Gasteiger partial charge in [-0.2, -0.15) is 0 Å². The Hall–Kier alpha value is -1.63. The Kier molecular flexibility index (Phi) is 4.45. The molecule has 0 aromatic heterocycles. The minimum absolute atomic E-state index is 0.210. The van der Waals surface area contributed by atoms with E-state index in [1.807, 2.05) is 0 Å². The van der Waals surface area contributed by atoms with Crippen LogP contribution in [0.3, 0.4) is 0 Å². The number of carboxylic acid groups (broad SMARTS) is 1. The standard InChI is InChI=1S/C10H10BrFN2O3/c1-5(9(15)16)13-10(17)14-6-2-3-8(12)7(11)4-6/h2-5H,1H3,(H,15,16)(H2,13,14,17). The van der Waals surface area contributed by atoms with Crippen LogP contribution in [0.25, 0.3) is 0 Å². The predicted octanol–water partition coefficient (Wildman–Crippen LogP) is 2.18. The van der Waals surface area contributed by atoms with Crippen LogP contribution in [0, 0.1) is 5.82 Å². The van der Waals surface area contributed by atoms with Crippen LogP contribution in [0.4, 0.5) is 14.9 Å². The van der Waals surface area contributed by atoms with Crippen LogP contribution in [0.2, 0.25) is 0 Å². The van der Waals surface area contributed by atoms with Crippen LogP contribution < -0.4 is 10.6 Å². The summed E-state index contributed by atoms with van der Waals surface area (Å²) in [5.41, 5.74) is 0.355. The molecule has 17 heavy (non-hydrogen) atoms.